The largest absolute Gasteiger partial charge is 0.253 e. The van der Waals surface area contributed by atoms with Gasteiger partial charge in [-0.05, 0) is 48.6 Å². The van der Waals surface area contributed by atoms with Gasteiger partial charge in [0.1, 0.15) is 6.20 Å². The van der Waals surface area contributed by atoms with Gasteiger partial charge in [0, 0.05) is 9.79 Å². The van der Waals surface area contributed by atoms with E-state index in [-0.39, 0.29) is 0 Å². The van der Waals surface area contributed by atoms with Gasteiger partial charge >= 0.3 is 0 Å². The number of hydrogen-bond acceptors (Lipinski definition) is 4. The van der Waals surface area contributed by atoms with Crippen molar-refractivity contribution in [2.45, 2.75) is 34.6 Å². The molecule has 2 heterocycles. The molecule has 0 aromatic heterocycles. The smallest absolute Gasteiger partial charge is 0.219 e. The van der Waals surface area contributed by atoms with Crippen LogP contribution < -0.4 is 5.43 Å². The van der Waals surface area contributed by atoms with Gasteiger partial charge in [0.05, 0.1) is 35.5 Å². The molecule has 0 radical (unpaired) electrons. The number of hydrogen-bond donors (Lipinski definition) is 1. The van der Waals surface area contributed by atoms with Crippen molar-refractivity contribution in [1.29, 1.82) is 0 Å². The average Bonchev–Trinajstić information content (AvgIpc) is 3.15. The van der Waals surface area contributed by atoms with E-state index >= 15 is 0 Å². The summed E-state index contributed by atoms with van der Waals surface area (Å²) >= 11 is 0. The predicted octanol–water partition coefficient (Wildman–Crippen LogP) is 3.86. The van der Waals surface area contributed by atoms with Crippen LogP contribution in [0.2, 0.25) is 0 Å². The molecule has 3 aliphatic rings. The van der Waals surface area contributed by atoms with Crippen LogP contribution in [0.25, 0.3) is 0 Å². The van der Waals surface area contributed by atoms with Crippen molar-refractivity contribution in [3.05, 3.63) is 84.5 Å². The average molecular weight is 390 g/mol. The lowest BCUT2D eigenvalue weighted by Crippen LogP contribution is -2.58. The van der Waals surface area contributed by atoms with Crippen LogP contribution in [0, 0.1) is 0 Å². The fraction of sp³-hybridized carbons (Fsp3) is 0.182. The Kier molecular flexibility index (Phi) is 4.39. The minimum absolute atomic E-state index is 0.423. The number of benzene rings is 2. The van der Waals surface area contributed by atoms with E-state index in [0.29, 0.717) is 16.6 Å². The van der Waals surface area contributed by atoms with Crippen molar-refractivity contribution in [1.82, 2.24) is 5.43 Å². The number of nitrogens with zero attached hydrogens (tertiary/aromatic N) is 3. The third-order valence-corrected chi connectivity index (χ3v) is 6.94. The molecule has 6 heteroatoms. The monoisotopic (exact) mass is 389 g/mol. The molecule has 2 atom stereocenters. The Morgan fingerprint density at radius 3 is 2.50 bits per heavy atom. The molecule has 5 rings (SSSR count). The third kappa shape index (κ3) is 3.09. The predicted molar refractivity (Wildman–Crippen MR) is 111 cm³/mol. The molecule has 5 nitrogen and oxygen atoms in total. The molecule has 1 saturated carbocycles. The minimum atomic E-state index is -1.12. The van der Waals surface area contributed by atoms with Crippen LogP contribution >= 0.6 is 0 Å². The van der Waals surface area contributed by atoms with E-state index in [4.69, 9.17) is 0 Å². The molecular weight excluding hydrogens is 368 g/mol. The quantitative estimate of drug-likeness (QED) is 0.790. The molecule has 0 spiro atoms. The van der Waals surface area contributed by atoms with Gasteiger partial charge in [-0.15, -0.1) is 10.0 Å². The Morgan fingerprint density at radius 1 is 0.964 bits per heavy atom. The summed E-state index contributed by atoms with van der Waals surface area (Å²) in [6, 6.07) is 18.3. The molecule has 140 valence electrons. The highest BCUT2D eigenvalue weighted by Crippen LogP contribution is 2.38. The second-order valence-electron chi connectivity index (χ2n) is 7.32. The molecule has 2 aliphatic heterocycles. The van der Waals surface area contributed by atoms with Crippen molar-refractivity contribution in [2.75, 3.05) is 0 Å². The zero-order valence-corrected chi connectivity index (χ0v) is 16.1. The second-order valence-corrected chi connectivity index (χ2v) is 8.80. The van der Waals surface area contributed by atoms with Gasteiger partial charge < -0.3 is 0 Å². The maximum atomic E-state index is 12.7. The van der Waals surface area contributed by atoms with Gasteiger partial charge in [-0.2, -0.15) is 0 Å². The number of aliphatic imine (C=N–C) groups is 2. The summed E-state index contributed by atoms with van der Waals surface area (Å²) < 4.78 is 13.1. The van der Waals surface area contributed by atoms with E-state index in [2.05, 4.69) is 27.5 Å². The maximum Gasteiger partial charge on any atom is 0.219 e. The summed E-state index contributed by atoms with van der Waals surface area (Å²) in [4.78, 5) is 10.2. The first kappa shape index (κ1) is 17.4. The standard InChI is InChI=1S/C22H21N4OS/c27-28(21-4-2-1-3-5-21)22-8-6-17(7-9-22)18-12-19(13-18)25-26-11-10-23-14-20(26)15-24-16-26/h1-11,14-16,18-19,25H,12-13H2/q+1. The molecule has 0 saturated heterocycles. The van der Waals surface area contributed by atoms with Crippen LogP contribution in [0.5, 0.6) is 0 Å². The first-order valence-electron chi connectivity index (χ1n) is 9.42. The Bertz CT molecular complexity index is 1020. The Morgan fingerprint density at radius 2 is 1.71 bits per heavy atom. The number of rotatable bonds is 5. The lowest BCUT2D eigenvalue weighted by Gasteiger charge is -2.40. The van der Waals surface area contributed by atoms with Gasteiger partial charge in [0.2, 0.25) is 6.34 Å². The molecule has 28 heavy (non-hydrogen) atoms. The zero-order chi connectivity index (χ0) is 19.0. The number of allylic oxidation sites excluding steroid dienone is 1. The van der Waals surface area contributed by atoms with E-state index in [1.54, 1.807) is 0 Å². The van der Waals surface area contributed by atoms with Gasteiger partial charge in [0.15, 0.2) is 5.70 Å². The van der Waals surface area contributed by atoms with Gasteiger partial charge in [0.25, 0.3) is 0 Å². The summed E-state index contributed by atoms with van der Waals surface area (Å²) in [5.41, 5.74) is 6.03. The fourth-order valence-electron chi connectivity index (χ4n) is 3.89. The molecular formula is C22H21N4OS+. The van der Waals surface area contributed by atoms with Crippen LogP contribution in [0.15, 0.2) is 98.7 Å². The minimum Gasteiger partial charge on any atom is -0.253 e. The molecule has 2 unspecified atom stereocenters. The van der Waals surface area contributed by atoms with Crippen LogP contribution in [-0.4, -0.2) is 27.4 Å². The molecule has 2 aromatic carbocycles. The lowest BCUT2D eigenvalue weighted by atomic mass is 9.76. The van der Waals surface area contributed by atoms with E-state index in [1.165, 1.54) is 5.56 Å². The van der Waals surface area contributed by atoms with E-state index in [1.807, 2.05) is 73.6 Å². The Balaban J connectivity index is 1.22. The number of quaternary nitrogens is 1. The highest BCUT2D eigenvalue weighted by atomic mass is 32.2. The third-order valence-electron chi connectivity index (χ3n) is 5.53. The number of fused-ring (bicyclic) bond motifs is 1. The molecule has 1 aliphatic carbocycles. The summed E-state index contributed by atoms with van der Waals surface area (Å²) in [5, 5.41) is 0. The van der Waals surface area contributed by atoms with E-state index in [0.717, 1.165) is 28.3 Å². The van der Waals surface area contributed by atoms with E-state index < -0.39 is 10.8 Å². The molecule has 2 aromatic rings. The van der Waals surface area contributed by atoms with Crippen LogP contribution in [-0.2, 0) is 10.8 Å². The van der Waals surface area contributed by atoms with Crippen molar-refractivity contribution >= 4 is 23.4 Å². The van der Waals surface area contributed by atoms with Gasteiger partial charge in [-0.25, -0.2) is 9.20 Å². The fourth-order valence-corrected chi connectivity index (χ4v) is 4.95. The Hall–Kier alpha value is -2.67. The van der Waals surface area contributed by atoms with Crippen molar-refractivity contribution < 1.29 is 8.80 Å². The normalized spacial score (nSPS) is 28.5. The first-order chi connectivity index (χ1) is 13.7. The summed E-state index contributed by atoms with van der Waals surface area (Å²) in [7, 11) is -1.12. The SMILES string of the molecule is O=S(c1ccccc1)c1ccc(C2CC(N[N+]34C=CN=CC3=CN=C4)C2)cc1. The maximum absolute atomic E-state index is 12.7. The highest BCUT2D eigenvalue weighted by Gasteiger charge is 2.41. The second kappa shape index (κ2) is 7.05. The van der Waals surface area contributed by atoms with Crippen molar-refractivity contribution in [2.24, 2.45) is 9.98 Å². The highest BCUT2D eigenvalue weighted by molar-refractivity contribution is 7.85. The van der Waals surface area contributed by atoms with Crippen LogP contribution in [0.1, 0.15) is 24.3 Å². The number of nitrogens with one attached hydrogen (secondary N) is 1. The van der Waals surface area contributed by atoms with Gasteiger partial charge in [-0.1, -0.05) is 30.3 Å². The first-order valence-corrected chi connectivity index (χ1v) is 10.6. The molecule has 1 fully saturated rings. The van der Waals surface area contributed by atoms with Gasteiger partial charge in [-0.3, -0.25) is 4.99 Å². The zero-order valence-electron chi connectivity index (χ0n) is 15.3. The Labute approximate surface area is 166 Å². The molecule has 1 N–H and O–H groups in total. The van der Waals surface area contributed by atoms with Crippen molar-refractivity contribution in [3.63, 3.8) is 0 Å². The van der Waals surface area contributed by atoms with Crippen LogP contribution in [0.3, 0.4) is 0 Å². The molecule has 0 amide bonds. The summed E-state index contributed by atoms with van der Waals surface area (Å²) in [6.07, 6.45) is 11.6. The summed E-state index contributed by atoms with van der Waals surface area (Å²) in [5.74, 6) is 0.532. The summed E-state index contributed by atoms with van der Waals surface area (Å²) in [6.45, 7) is 0. The lowest BCUT2D eigenvalue weighted by molar-refractivity contribution is -0.788. The van der Waals surface area contributed by atoms with Crippen molar-refractivity contribution in [3.8, 4) is 0 Å². The van der Waals surface area contributed by atoms with E-state index in [9.17, 15) is 4.21 Å². The van der Waals surface area contributed by atoms with Crippen LogP contribution in [0.4, 0.5) is 0 Å². The topological polar surface area (TPSA) is 53.8 Å². The molecule has 0 bridgehead atoms.